The molecule has 1 N–H and O–H groups in total. The lowest BCUT2D eigenvalue weighted by atomic mass is 10.4. The van der Waals surface area contributed by atoms with E-state index in [-0.39, 0.29) is 0 Å². The van der Waals surface area contributed by atoms with Crippen LogP contribution in [0.15, 0.2) is 12.1 Å². The summed E-state index contributed by atoms with van der Waals surface area (Å²) in [5.74, 6) is 2.17. The van der Waals surface area contributed by atoms with Crippen molar-refractivity contribution in [3.8, 4) is 0 Å². The lowest BCUT2D eigenvalue weighted by Gasteiger charge is -1.96. The number of thiophene rings is 1. The van der Waals surface area contributed by atoms with Crippen LogP contribution in [0.25, 0.3) is 0 Å². The molecule has 0 saturated carbocycles. The lowest BCUT2D eigenvalue weighted by molar-refractivity contribution is 0.296. The van der Waals surface area contributed by atoms with Gasteiger partial charge in [0.2, 0.25) is 0 Å². The Bertz CT molecular complexity index is 233. The van der Waals surface area contributed by atoms with Crippen LogP contribution < -0.4 is 0 Å². The minimum Gasteiger partial charge on any atom is -0.396 e. The van der Waals surface area contributed by atoms with Crippen molar-refractivity contribution in [2.24, 2.45) is 0 Å². The van der Waals surface area contributed by atoms with Gasteiger partial charge in [-0.05, 0) is 30.7 Å². The van der Waals surface area contributed by atoms with Gasteiger partial charge in [-0.2, -0.15) is 11.8 Å². The summed E-state index contributed by atoms with van der Waals surface area (Å²) in [5, 5.41) is 8.59. The van der Waals surface area contributed by atoms with Crippen molar-refractivity contribution >= 4 is 23.1 Å². The van der Waals surface area contributed by atoms with Gasteiger partial charge in [0.1, 0.15) is 0 Å². The molecule has 1 aromatic rings. The first kappa shape index (κ1) is 11.1. The molecule has 0 aliphatic heterocycles. The van der Waals surface area contributed by atoms with Gasteiger partial charge in [-0.3, -0.25) is 0 Å². The Labute approximate surface area is 88.2 Å². The second kappa shape index (κ2) is 6.46. The van der Waals surface area contributed by atoms with Crippen LogP contribution in [0.5, 0.6) is 0 Å². The zero-order valence-electron chi connectivity index (χ0n) is 7.95. The molecule has 0 aliphatic rings. The van der Waals surface area contributed by atoms with Crippen molar-refractivity contribution in [2.75, 3.05) is 12.4 Å². The molecule has 0 fully saturated rings. The van der Waals surface area contributed by atoms with E-state index in [1.165, 1.54) is 9.75 Å². The van der Waals surface area contributed by atoms with Gasteiger partial charge in [-0.1, -0.05) is 6.92 Å². The highest BCUT2D eigenvalue weighted by molar-refractivity contribution is 7.98. The van der Waals surface area contributed by atoms with Gasteiger partial charge >= 0.3 is 0 Å². The highest BCUT2D eigenvalue weighted by Crippen LogP contribution is 2.22. The van der Waals surface area contributed by atoms with Crippen LogP contribution >= 0.6 is 23.1 Å². The molecule has 0 aromatic carbocycles. The lowest BCUT2D eigenvalue weighted by Crippen LogP contribution is -1.85. The monoisotopic (exact) mass is 216 g/mol. The fourth-order valence-electron chi connectivity index (χ4n) is 1.03. The highest BCUT2D eigenvalue weighted by atomic mass is 32.2. The normalized spacial score (nSPS) is 10.6. The highest BCUT2D eigenvalue weighted by Gasteiger charge is 1.98. The second-order valence-corrected chi connectivity index (χ2v) is 5.21. The predicted octanol–water partition coefficient (Wildman–Crippen LogP) is 2.93. The Morgan fingerprint density at radius 1 is 1.38 bits per heavy atom. The van der Waals surface area contributed by atoms with E-state index >= 15 is 0 Å². The van der Waals surface area contributed by atoms with Crippen LogP contribution in [0, 0.1) is 0 Å². The first-order valence-electron chi connectivity index (χ1n) is 4.63. The van der Waals surface area contributed by atoms with Crippen LogP contribution in [-0.2, 0) is 12.2 Å². The zero-order valence-corrected chi connectivity index (χ0v) is 9.59. The Morgan fingerprint density at radius 3 is 2.77 bits per heavy atom. The average Bonchev–Trinajstić information content (AvgIpc) is 2.60. The molecule has 1 aromatic heterocycles. The van der Waals surface area contributed by atoms with Gasteiger partial charge < -0.3 is 5.11 Å². The molecule has 0 saturated heterocycles. The molecule has 0 unspecified atom stereocenters. The molecule has 0 bridgehead atoms. The van der Waals surface area contributed by atoms with Crippen molar-refractivity contribution in [3.63, 3.8) is 0 Å². The summed E-state index contributed by atoms with van der Waals surface area (Å²) >= 11 is 3.81. The van der Waals surface area contributed by atoms with Gasteiger partial charge in [0.05, 0.1) is 0 Å². The number of rotatable bonds is 6. The van der Waals surface area contributed by atoms with Gasteiger partial charge in [0.15, 0.2) is 0 Å². The molecule has 13 heavy (non-hydrogen) atoms. The summed E-state index contributed by atoms with van der Waals surface area (Å²) in [6.07, 6.45) is 2.06. The van der Waals surface area contributed by atoms with Gasteiger partial charge in [0, 0.05) is 22.1 Å². The molecule has 1 heterocycles. The summed E-state index contributed by atoms with van der Waals surface area (Å²) in [4.78, 5) is 2.93. The largest absolute Gasteiger partial charge is 0.396 e. The summed E-state index contributed by atoms with van der Waals surface area (Å²) in [7, 11) is 0. The summed E-state index contributed by atoms with van der Waals surface area (Å²) in [6, 6.07) is 4.43. The van der Waals surface area contributed by atoms with Crippen LogP contribution in [0.1, 0.15) is 23.1 Å². The zero-order chi connectivity index (χ0) is 9.52. The molecular formula is C10H16OS2. The number of aliphatic hydroxyl groups is 1. The molecule has 0 amide bonds. The van der Waals surface area contributed by atoms with E-state index in [0.29, 0.717) is 6.61 Å². The van der Waals surface area contributed by atoms with E-state index in [2.05, 4.69) is 19.1 Å². The molecule has 1 rings (SSSR count). The summed E-state index contributed by atoms with van der Waals surface area (Å²) in [5.41, 5.74) is 0. The number of thioether (sulfide) groups is 1. The van der Waals surface area contributed by atoms with Crippen molar-refractivity contribution in [1.82, 2.24) is 0 Å². The fraction of sp³-hybridized carbons (Fsp3) is 0.600. The smallest absolute Gasteiger partial charge is 0.0438 e. The van der Waals surface area contributed by atoms with Gasteiger partial charge in [-0.15, -0.1) is 11.3 Å². The Balaban J connectivity index is 2.20. The van der Waals surface area contributed by atoms with Crippen molar-refractivity contribution in [1.29, 1.82) is 0 Å². The third-order valence-electron chi connectivity index (χ3n) is 1.76. The maximum atomic E-state index is 8.59. The number of hydrogen-bond acceptors (Lipinski definition) is 3. The SMILES string of the molecule is CCc1ccc(CSCCCO)s1. The van der Waals surface area contributed by atoms with E-state index in [1.807, 2.05) is 23.1 Å². The van der Waals surface area contributed by atoms with E-state index in [1.54, 1.807) is 0 Å². The fourth-order valence-corrected chi connectivity index (χ4v) is 3.04. The molecule has 74 valence electrons. The number of aliphatic hydroxyl groups excluding tert-OH is 1. The summed E-state index contributed by atoms with van der Waals surface area (Å²) < 4.78 is 0. The standard InChI is InChI=1S/C10H16OS2/c1-2-9-4-5-10(13-9)8-12-7-3-6-11/h4-5,11H,2-3,6-8H2,1H3. The molecule has 0 aliphatic carbocycles. The molecule has 3 heteroatoms. The maximum absolute atomic E-state index is 8.59. The Morgan fingerprint density at radius 2 is 2.15 bits per heavy atom. The predicted molar refractivity (Wildman–Crippen MR) is 61.6 cm³/mol. The van der Waals surface area contributed by atoms with Crippen LogP contribution in [0.3, 0.4) is 0 Å². The van der Waals surface area contributed by atoms with Crippen molar-refractivity contribution in [2.45, 2.75) is 25.5 Å². The minimum atomic E-state index is 0.317. The van der Waals surface area contributed by atoms with Crippen molar-refractivity contribution < 1.29 is 5.11 Å². The third kappa shape index (κ3) is 4.16. The van der Waals surface area contributed by atoms with E-state index in [4.69, 9.17) is 5.11 Å². The molecule has 0 spiro atoms. The first-order chi connectivity index (χ1) is 6.36. The van der Waals surface area contributed by atoms with Crippen LogP contribution in [0.4, 0.5) is 0 Å². The second-order valence-electron chi connectivity index (χ2n) is 2.85. The molecule has 1 nitrogen and oxygen atoms in total. The minimum absolute atomic E-state index is 0.317. The summed E-state index contributed by atoms with van der Waals surface area (Å²) in [6.45, 7) is 2.51. The van der Waals surface area contributed by atoms with E-state index < -0.39 is 0 Å². The molecular weight excluding hydrogens is 200 g/mol. The van der Waals surface area contributed by atoms with Crippen molar-refractivity contribution in [3.05, 3.63) is 21.9 Å². The third-order valence-corrected chi connectivity index (χ3v) is 4.26. The van der Waals surface area contributed by atoms with E-state index in [0.717, 1.165) is 24.3 Å². The maximum Gasteiger partial charge on any atom is 0.0438 e. The van der Waals surface area contributed by atoms with Gasteiger partial charge in [0.25, 0.3) is 0 Å². The average molecular weight is 216 g/mol. The molecule has 0 atom stereocenters. The quantitative estimate of drug-likeness (QED) is 0.738. The van der Waals surface area contributed by atoms with Crippen LogP contribution in [0.2, 0.25) is 0 Å². The van der Waals surface area contributed by atoms with Crippen LogP contribution in [-0.4, -0.2) is 17.5 Å². The Hall–Kier alpha value is 0.01000. The van der Waals surface area contributed by atoms with Gasteiger partial charge in [-0.25, -0.2) is 0 Å². The number of hydrogen-bond donors (Lipinski definition) is 1. The molecule has 0 radical (unpaired) electrons. The first-order valence-corrected chi connectivity index (χ1v) is 6.60. The number of aryl methyl sites for hydroxylation is 1. The van der Waals surface area contributed by atoms with E-state index in [9.17, 15) is 0 Å². The Kier molecular flexibility index (Phi) is 5.51. The topological polar surface area (TPSA) is 20.2 Å².